The van der Waals surface area contributed by atoms with Gasteiger partial charge in [0.15, 0.2) is 0 Å². The summed E-state index contributed by atoms with van der Waals surface area (Å²) in [5, 5.41) is 13.0. The molecule has 0 aromatic heterocycles. The molecule has 1 fully saturated rings. The van der Waals surface area contributed by atoms with Gasteiger partial charge in [0, 0.05) is 11.1 Å². The van der Waals surface area contributed by atoms with E-state index in [9.17, 15) is 13.9 Å². The van der Waals surface area contributed by atoms with Crippen molar-refractivity contribution in [1.29, 1.82) is 0 Å². The molecule has 0 aliphatic heterocycles. The van der Waals surface area contributed by atoms with Crippen molar-refractivity contribution in [2.24, 2.45) is 5.92 Å². The average Bonchev–Trinajstić information content (AvgIpc) is 3.07. The molecule has 0 spiro atoms. The normalized spacial score (nSPS) is 17.7. The standard InChI is InChI=1S/C13H16ClF2NO.ClH/c1-17-11(4-7-2-3-7)13(18)12-9(15)5-8(14)6-10(12)16;/h5-7,11,13,17-18H,2-4H2,1H3;1H. The van der Waals surface area contributed by atoms with Crippen LogP contribution in [0.5, 0.6) is 0 Å². The number of benzene rings is 1. The van der Waals surface area contributed by atoms with E-state index in [1.54, 1.807) is 7.05 Å². The zero-order valence-electron chi connectivity index (χ0n) is 10.5. The first kappa shape index (κ1) is 16.6. The highest BCUT2D eigenvalue weighted by atomic mass is 35.5. The van der Waals surface area contributed by atoms with Crippen LogP contribution < -0.4 is 5.32 Å². The van der Waals surface area contributed by atoms with Crippen molar-refractivity contribution in [2.75, 3.05) is 7.05 Å². The van der Waals surface area contributed by atoms with E-state index >= 15 is 0 Å². The van der Waals surface area contributed by atoms with Gasteiger partial charge in [0.2, 0.25) is 0 Å². The third-order valence-electron chi connectivity index (χ3n) is 3.38. The summed E-state index contributed by atoms with van der Waals surface area (Å²) in [4.78, 5) is 0. The Morgan fingerprint density at radius 1 is 1.37 bits per heavy atom. The van der Waals surface area contributed by atoms with Crippen LogP contribution >= 0.6 is 24.0 Å². The van der Waals surface area contributed by atoms with Gasteiger partial charge < -0.3 is 10.4 Å². The van der Waals surface area contributed by atoms with Crippen molar-refractivity contribution in [3.63, 3.8) is 0 Å². The van der Waals surface area contributed by atoms with Crippen LogP contribution in [0.2, 0.25) is 5.02 Å². The summed E-state index contributed by atoms with van der Waals surface area (Å²) in [6, 6.07) is 1.70. The van der Waals surface area contributed by atoms with Crippen LogP contribution in [0.4, 0.5) is 8.78 Å². The topological polar surface area (TPSA) is 32.3 Å². The van der Waals surface area contributed by atoms with Crippen molar-refractivity contribution in [3.05, 3.63) is 34.4 Å². The van der Waals surface area contributed by atoms with E-state index in [1.807, 2.05) is 0 Å². The molecule has 0 saturated heterocycles. The molecule has 1 aliphatic rings. The quantitative estimate of drug-likeness (QED) is 0.873. The number of hydrogen-bond acceptors (Lipinski definition) is 2. The van der Waals surface area contributed by atoms with Crippen molar-refractivity contribution in [3.8, 4) is 0 Å². The fraction of sp³-hybridized carbons (Fsp3) is 0.538. The Morgan fingerprint density at radius 3 is 2.32 bits per heavy atom. The van der Waals surface area contributed by atoms with Gasteiger partial charge in [-0.15, -0.1) is 12.4 Å². The second kappa shape index (κ2) is 6.84. The van der Waals surface area contributed by atoms with Crippen LogP contribution in [0.15, 0.2) is 12.1 Å². The summed E-state index contributed by atoms with van der Waals surface area (Å²) in [6.07, 6.45) is 1.76. The van der Waals surface area contributed by atoms with Crippen LogP contribution in [0.3, 0.4) is 0 Å². The molecule has 19 heavy (non-hydrogen) atoms. The Balaban J connectivity index is 0.00000180. The molecule has 2 rings (SSSR count). The molecule has 1 aromatic carbocycles. The summed E-state index contributed by atoms with van der Waals surface area (Å²) in [5.41, 5.74) is -0.306. The Labute approximate surface area is 122 Å². The molecule has 0 bridgehead atoms. The van der Waals surface area contributed by atoms with E-state index in [0.717, 1.165) is 31.4 Å². The van der Waals surface area contributed by atoms with Gasteiger partial charge >= 0.3 is 0 Å². The van der Waals surface area contributed by atoms with Gasteiger partial charge in [0.05, 0.1) is 11.7 Å². The van der Waals surface area contributed by atoms with Crippen LogP contribution in [0, 0.1) is 17.6 Å². The third-order valence-corrected chi connectivity index (χ3v) is 3.59. The molecular weight excluding hydrogens is 295 g/mol. The Kier molecular flexibility index (Phi) is 5.99. The first-order valence-electron chi connectivity index (χ1n) is 6.02. The molecule has 0 heterocycles. The molecule has 2 unspecified atom stereocenters. The van der Waals surface area contributed by atoms with Gasteiger partial charge in [-0.2, -0.15) is 0 Å². The first-order chi connectivity index (χ1) is 8.52. The molecule has 0 radical (unpaired) electrons. The summed E-state index contributed by atoms with van der Waals surface area (Å²) < 4.78 is 27.4. The molecule has 1 saturated carbocycles. The largest absolute Gasteiger partial charge is 0.387 e. The number of nitrogens with one attached hydrogen (secondary N) is 1. The predicted octanol–water partition coefficient (Wildman–Crippen LogP) is 3.46. The second-order valence-electron chi connectivity index (χ2n) is 4.80. The van der Waals surface area contributed by atoms with Gasteiger partial charge in [-0.3, -0.25) is 0 Å². The lowest BCUT2D eigenvalue weighted by atomic mass is 9.97. The number of halogens is 4. The van der Waals surface area contributed by atoms with Gasteiger partial charge in [-0.1, -0.05) is 24.4 Å². The third kappa shape index (κ3) is 4.02. The lowest BCUT2D eigenvalue weighted by Crippen LogP contribution is -2.33. The maximum atomic E-state index is 13.7. The summed E-state index contributed by atoms with van der Waals surface area (Å²) in [5.74, 6) is -1.05. The number of aliphatic hydroxyl groups excluding tert-OH is 1. The van der Waals surface area contributed by atoms with Crippen molar-refractivity contribution in [2.45, 2.75) is 31.4 Å². The molecule has 0 amide bonds. The highest BCUT2D eigenvalue weighted by molar-refractivity contribution is 6.30. The molecule has 2 atom stereocenters. The maximum Gasteiger partial charge on any atom is 0.133 e. The number of hydrogen-bond donors (Lipinski definition) is 2. The lowest BCUT2D eigenvalue weighted by molar-refractivity contribution is 0.117. The van der Waals surface area contributed by atoms with Crippen LogP contribution in [0.1, 0.15) is 30.9 Å². The number of aliphatic hydroxyl groups is 1. The highest BCUT2D eigenvalue weighted by Crippen LogP contribution is 2.37. The fourth-order valence-corrected chi connectivity index (χ4v) is 2.35. The molecule has 1 aromatic rings. The smallest absolute Gasteiger partial charge is 0.133 e. The Morgan fingerprint density at radius 2 is 1.89 bits per heavy atom. The van der Waals surface area contributed by atoms with Crippen molar-refractivity contribution >= 4 is 24.0 Å². The van der Waals surface area contributed by atoms with Gasteiger partial charge in [0.1, 0.15) is 11.6 Å². The Bertz CT molecular complexity index is 418. The van der Waals surface area contributed by atoms with Crippen LogP contribution in [-0.4, -0.2) is 18.2 Å². The fourth-order valence-electron chi connectivity index (χ4n) is 2.15. The molecule has 2 N–H and O–H groups in total. The second-order valence-corrected chi connectivity index (χ2v) is 5.24. The van der Waals surface area contributed by atoms with Crippen LogP contribution in [-0.2, 0) is 0 Å². The molecular formula is C13H17Cl2F2NO. The van der Waals surface area contributed by atoms with Crippen molar-refractivity contribution < 1.29 is 13.9 Å². The molecule has 1 aliphatic carbocycles. The maximum absolute atomic E-state index is 13.7. The monoisotopic (exact) mass is 311 g/mol. The molecule has 2 nitrogen and oxygen atoms in total. The van der Waals surface area contributed by atoms with E-state index in [2.05, 4.69) is 5.32 Å². The zero-order valence-corrected chi connectivity index (χ0v) is 12.1. The number of rotatable bonds is 5. The SMILES string of the molecule is CNC(CC1CC1)C(O)c1c(F)cc(Cl)cc1F.Cl. The Hall–Kier alpha value is -0.420. The van der Waals surface area contributed by atoms with E-state index in [1.165, 1.54) is 0 Å². The first-order valence-corrected chi connectivity index (χ1v) is 6.40. The molecule has 108 valence electrons. The van der Waals surface area contributed by atoms with E-state index in [4.69, 9.17) is 11.6 Å². The summed E-state index contributed by atoms with van der Waals surface area (Å²) >= 11 is 5.56. The van der Waals surface area contributed by atoms with Gasteiger partial charge in [0.25, 0.3) is 0 Å². The minimum Gasteiger partial charge on any atom is -0.387 e. The van der Waals surface area contributed by atoms with Gasteiger partial charge in [-0.05, 0) is 31.5 Å². The van der Waals surface area contributed by atoms with Crippen molar-refractivity contribution in [1.82, 2.24) is 5.32 Å². The minimum atomic E-state index is -1.20. The van der Waals surface area contributed by atoms with E-state index in [0.29, 0.717) is 5.92 Å². The van der Waals surface area contributed by atoms with Crippen LogP contribution in [0.25, 0.3) is 0 Å². The average molecular weight is 312 g/mol. The lowest BCUT2D eigenvalue weighted by Gasteiger charge is -2.23. The van der Waals surface area contributed by atoms with E-state index < -0.39 is 17.7 Å². The molecule has 6 heteroatoms. The summed E-state index contributed by atoms with van der Waals surface area (Å²) in [6.45, 7) is 0. The number of likely N-dealkylation sites (N-methyl/N-ethyl adjacent to an activating group) is 1. The van der Waals surface area contributed by atoms with Gasteiger partial charge in [-0.25, -0.2) is 8.78 Å². The predicted molar refractivity (Wildman–Crippen MR) is 73.8 cm³/mol. The minimum absolute atomic E-state index is 0. The zero-order chi connectivity index (χ0) is 13.3. The summed E-state index contributed by atoms with van der Waals surface area (Å²) in [7, 11) is 1.68. The highest BCUT2D eigenvalue weighted by Gasteiger charge is 2.31. The van der Waals surface area contributed by atoms with E-state index in [-0.39, 0.29) is 29.0 Å².